The van der Waals surface area contributed by atoms with E-state index in [1.54, 1.807) is 24.3 Å². The Hall–Kier alpha value is -2.25. The van der Waals surface area contributed by atoms with Gasteiger partial charge in [-0.15, -0.1) is 0 Å². The number of rotatable bonds is 6. The van der Waals surface area contributed by atoms with Gasteiger partial charge in [-0.1, -0.05) is 59.6 Å². The summed E-state index contributed by atoms with van der Waals surface area (Å²) in [5, 5.41) is 0.882. The molecule has 1 aliphatic rings. The van der Waals surface area contributed by atoms with Gasteiger partial charge in [0.2, 0.25) is 0 Å². The molecule has 4 nitrogen and oxygen atoms in total. The van der Waals surface area contributed by atoms with Gasteiger partial charge in [-0.25, -0.2) is 0 Å². The summed E-state index contributed by atoms with van der Waals surface area (Å²) in [5.41, 5.74) is 2.50. The van der Waals surface area contributed by atoms with E-state index in [4.69, 9.17) is 27.9 Å². The molecule has 0 radical (unpaired) electrons. The SMILES string of the molecule is O=C1S/C(=C\c2ccc(OCc3ccc(Cl)cc3)c(Br)c2)C(=O)N1Cc1ccccc1Cl. The first kappa shape index (κ1) is 22.9. The fraction of sp³-hybridized carbons (Fsp3) is 0.0833. The van der Waals surface area contributed by atoms with Crippen LogP contribution < -0.4 is 4.74 Å². The number of benzene rings is 3. The predicted molar refractivity (Wildman–Crippen MR) is 133 cm³/mol. The summed E-state index contributed by atoms with van der Waals surface area (Å²) in [7, 11) is 0. The van der Waals surface area contributed by atoms with Crippen LogP contribution in [0.2, 0.25) is 10.0 Å². The molecule has 4 rings (SSSR count). The molecule has 0 aromatic heterocycles. The Kier molecular flexibility index (Phi) is 7.26. The summed E-state index contributed by atoms with van der Waals surface area (Å²) in [6.45, 7) is 0.541. The molecule has 1 aliphatic heterocycles. The summed E-state index contributed by atoms with van der Waals surface area (Å²) < 4.78 is 6.61. The number of carbonyl (C=O) groups excluding carboxylic acids is 2. The lowest BCUT2D eigenvalue weighted by atomic mass is 10.2. The maximum atomic E-state index is 12.8. The summed E-state index contributed by atoms with van der Waals surface area (Å²) in [4.78, 5) is 26.8. The molecule has 0 spiro atoms. The lowest BCUT2D eigenvalue weighted by Gasteiger charge is -2.13. The second-order valence-corrected chi connectivity index (χ2v) is 9.66. The van der Waals surface area contributed by atoms with Crippen LogP contribution in [0.15, 0.2) is 76.1 Å². The zero-order valence-corrected chi connectivity index (χ0v) is 20.5. The summed E-state index contributed by atoms with van der Waals surface area (Å²) in [6.07, 6.45) is 1.70. The van der Waals surface area contributed by atoms with Crippen LogP contribution in [0.25, 0.3) is 6.08 Å². The first-order valence-electron chi connectivity index (χ1n) is 9.56. The Bertz CT molecular complexity index is 1210. The van der Waals surface area contributed by atoms with Gasteiger partial charge in [-0.2, -0.15) is 0 Å². The lowest BCUT2D eigenvalue weighted by Crippen LogP contribution is -2.27. The van der Waals surface area contributed by atoms with Crippen molar-refractivity contribution in [1.82, 2.24) is 4.90 Å². The molecule has 0 aliphatic carbocycles. The molecule has 2 amide bonds. The fourth-order valence-electron chi connectivity index (χ4n) is 3.05. The Morgan fingerprint density at radius 3 is 2.47 bits per heavy atom. The van der Waals surface area contributed by atoms with E-state index in [1.165, 1.54) is 4.90 Å². The minimum absolute atomic E-state index is 0.142. The van der Waals surface area contributed by atoms with Gasteiger partial charge in [0.1, 0.15) is 12.4 Å². The van der Waals surface area contributed by atoms with E-state index in [9.17, 15) is 9.59 Å². The average Bonchev–Trinajstić information content (AvgIpc) is 3.03. The molecule has 3 aromatic rings. The van der Waals surface area contributed by atoms with E-state index >= 15 is 0 Å². The van der Waals surface area contributed by atoms with Crippen molar-refractivity contribution in [2.24, 2.45) is 0 Å². The highest BCUT2D eigenvalue weighted by atomic mass is 79.9. The number of amides is 2. The van der Waals surface area contributed by atoms with Crippen LogP contribution in [0.3, 0.4) is 0 Å². The largest absolute Gasteiger partial charge is 0.488 e. The third-order valence-electron chi connectivity index (χ3n) is 4.72. The van der Waals surface area contributed by atoms with Crippen LogP contribution in [0.1, 0.15) is 16.7 Å². The molecule has 0 unspecified atom stereocenters. The Morgan fingerprint density at radius 2 is 1.75 bits per heavy atom. The van der Waals surface area contributed by atoms with Crippen molar-refractivity contribution in [3.05, 3.63) is 103 Å². The number of hydrogen-bond acceptors (Lipinski definition) is 4. The highest BCUT2D eigenvalue weighted by molar-refractivity contribution is 9.10. The van der Waals surface area contributed by atoms with Gasteiger partial charge < -0.3 is 4.74 Å². The molecular weight excluding hydrogens is 533 g/mol. The highest BCUT2D eigenvalue weighted by Crippen LogP contribution is 2.35. The molecule has 0 saturated carbocycles. The Morgan fingerprint density at radius 1 is 1.00 bits per heavy atom. The van der Waals surface area contributed by atoms with Crippen molar-refractivity contribution in [2.75, 3.05) is 0 Å². The quantitative estimate of drug-likeness (QED) is 0.298. The first-order chi connectivity index (χ1) is 15.4. The number of hydrogen-bond donors (Lipinski definition) is 0. The number of carbonyl (C=O) groups is 2. The van der Waals surface area contributed by atoms with Crippen LogP contribution in [-0.2, 0) is 17.9 Å². The van der Waals surface area contributed by atoms with Crippen molar-refractivity contribution in [1.29, 1.82) is 0 Å². The van der Waals surface area contributed by atoms with Crippen LogP contribution in [-0.4, -0.2) is 16.0 Å². The summed E-state index contributed by atoms with van der Waals surface area (Å²) in [6, 6.07) is 20.1. The smallest absolute Gasteiger partial charge is 0.293 e. The molecule has 32 heavy (non-hydrogen) atoms. The number of ether oxygens (including phenoxy) is 1. The zero-order valence-electron chi connectivity index (χ0n) is 16.6. The number of thioether (sulfide) groups is 1. The molecule has 8 heteroatoms. The maximum Gasteiger partial charge on any atom is 0.293 e. The molecular formula is C24H16BrCl2NO3S. The monoisotopic (exact) mass is 547 g/mol. The van der Waals surface area contributed by atoms with E-state index < -0.39 is 0 Å². The van der Waals surface area contributed by atoms with Gasteiger partial charge in [-0.3, -0.25) is 14.5 Å². The van der Waals surface area contributed by atoms with Crippen molar-refractivity contribution >= 4 is 68.1 Å². The third-order valence-corrected chi connectivity index (χ3v) is 6.87. The van der Waals surface area contributed by atoms with Crippen molar-refractivity contribution in [3.63, 3.8) is 0 Å². The number of nitrogens with zero attached hydrogens (tertiary/aromatic N) is 1. The average molecular weight is 549 g/mol. The Labute approximate surface area is 208 Å². The van der Waals surface area contributed by atoms with Gasteiger partial charge in [0, 0.05) is 10.0 Å². The molecule has 1 saturated heterocycles. The predicted octanol–water partition coefficient (Wildman–Crippen LogP) is 7.57. The first-order valence-corrected chi connectivity index (χ1v) is 11.9. The second-order valence-electron chi connectivity index (χ2n) is 6.96. The molecule has 1 heterocycles. The van der Waals surface area contributed by atoms with Crippen LogP contribution in [0, 0.1) is 0 Å². The Balaban J connectivity index is 1.45. The van der Waals surface area contributed by atoms with Gasteiger partial charge in [0.25, 0.3) is 11.1 Å². The van der Waals surface area contributed by atoms with E-state index in [0.717, 1.165) is 32.9 Å². The number of halogens is 3. The van der Waals surface area contributed by atoms with E-state index in [1.807, 2.05) is 48.5 Å². The van der Waals surface area contributed by atoms with Gasteiger partial charge >= 0.3 is 0 Å². The maximum absolute atomic E-state index is 12.8. The van der Waals surface area contributed by atoms with E-state index in [2.05, 4.69) is 15.9 Å². The van der Waals surface area contributed by atoms with E-state index in [0.29, 0.717) is 27.3 Å². The molecule has 3 aromatic carbocycles. The van der Waals surface area contributed by atoms with Crippen molar-refractivity contribution in [3.8, 4) is 5.75 Å². The lowest BCUT2D eigenvalue weighted by molar-refractivity contribution is -0.123. The zero-order chi connectivity index (χ0) is 22.7. The van der Waals surface area contributed by atoms with Crippen molar-refractivity contribution < 1.29 is 14.3 Å². The molecule has 162 valence electrons. The van der Waals surface area contributed by atoms with Gasteiger partial charge in [0.15, 0.2) is 0 Å². The van der Waals surface area contributed by atoms with Crippen LogP contribution >= 0.6 is 50.9 Å². The molecule has 0 atom stereocenters. The molecule has 0 N–H and O–H groups in total. The van der Waals surface area contributed by atoms with Gasteiger partial charge in [-0.05, 0) is 80.8 Å². The van der Waals surface area contributed by atoms with Crippen molar-refractivity contribution in [2.45, 2.75) is 13.2 Å². The minimum Gasteiger partial charge on any atom is -0.488 e. The summed E-state index contributed by atoms with van der Waals surface area (Å²) in [5.74, 6) is 0.336. The topological polar surface area (TPSA) is 46.6 Å². The highest BCUT2D eigenvalue weighted by Gasteiger charge is 2.35. The van der Waals surface area contributed by atoms with E-state index in [-0.39, 0.29) is 17.7 Å². The van der Waals surface area contributed by atoms with Crippen LogP contribution in [0.5, 0.6) is 5.75 Å². The minimum atomic E-state index is -0.334. The number of imide groups is 1. The normalized spacial score (nSPS) is 15.0. The van der Waals surface area contributed by atoms with Crippen LogP contribution in [0.4, 0.5) is 4.79 Å². The molecule has 0 bridgehead atoms. The fourth-order valence-corrected chi connectivity index (χ4v) is 4.72. The standard InChI is InChI=1S/C24H16BrCl2NO3S/c25-19-11-16(7-10-21(19)31-14-15-5-8-18(26)9-6-15)12-22-23(29)28(24(30)32-22)13-17-3-1-2-4-20(17)27/h1-12H,13-14H2/b22-12-. The molecule has 1 fully saturated rings. The second kappa shape index (κ2) is 10.1. The van der Waals surface area contributed by atoms with Gasteiger partial charge in [0.05, 0.1) is 15.9 Å². The third kappa shape index (κ3) is 5.38. The summed E-state index contributed by atoms with van der Waals surface area (Å²) >= 11 is 16.5.